The molecule has 0 aliphatic carbocycles. The van der Waals surface area contributed by atoms with Gasteiger partial charge in [0.05, 0.1) is 6.10 Å². The van der Waals surface area contributed by atoms with Gasteiger partial charge in [-0.2, -0.15) is 0 Å². The third-order valence-corrected chi connectivity index (χ3v) is 3.91. The van der Waals surface area contributed by atoms with Crippen molar-refractivity contribution in [1.82, 2.24) is 0 Å². The third kappa shape index (κ3) is 3.91. The van der Waals surface area contributed by atoms with Gasteiger partial charge in [-0.25, -0.2) is 0 Å². The second-order valence-electron chi connectivity index (χ2n) is 6.47. The molecule has 3 heteroatoms. The molecule has 1 unspecified atom stereocenters. The normalized spacial score (nSPS) is 12.1. The van der Waals surface area contributed by atoms with Crippen LogP contribution in [-0.2, 0) is 9.53 Å². The fourth-order valence-electron chi connectivity index (χ4n) is 3.05. The first-order valence-corrected chi connectivity index (χ1v) is 8.18. The van der Waals surface area contributed by atoms with Gasteiger partial charge in [0.25, 0.3) is 0 Å². The number of aryl methyl sites for hydroxylation is 3. The van der Waals surface area contributed by atoms with Crippen LogP contribution >= 0.6 is 0 Å². The van der Waals surface area contributed by atoms with E-state index in [1.54, 1.807) is 26.0 Å². The fourth-order valence-corrected chi connectivity index (χ4v) is 3.05. The summed E-state index contributed by atoms with van der Waals surface area (Å²) in [5.41, 5.74) is 4.14. The van der Waals surface area contributed by atoms with Crippen LogP contribution in [0.3, 0.4) is 0 Å². The zero-order valence-corrected chi connectivity index (χ0v) is 14.9. The van der Waals surface area contributed by atoms with E-state index in [2.05, 4.69) is 0 Å². The summed E-state index contributed by atoms with van der Waals surface area (Å²) in [6.45, 7) is 9.38. The van der Waals surface area contributed by atoms with Crippen LogP contribution in [0.5, 0.6) is 0 Å². The molecule has 0 saturated heterocycles. The zero-order valence-electron chi connectivity index (χ0n) is 14.9. The lowest BCUT2D eigenvalue weighted by Gasteiger charge is -2.19. The van der Waals surface area contributed by atoms with Crippen molar-refractivity contribution in [3.8, 4) is 0 Å². The van der Waals surface area contributed by atoms with Gasteiger partial charge in [0, 0.05) is 5.56 Å². The van der Waals surface area contributed by atoms with Crippen LogP contribution < -0.4 is 0 Å². The highest BCUT2D eigenvalue weighted by Gasteiger charge is 2.33. The van der Waals surface area contributed by atoms with Crippen LogP contribution in [0.4, 0.5) is 0 Å². The SMILES string of the molecule is Cc1cc(C)c(C(=O)C(C(=O)OC(C)C)c2ccccc2)c(C)c1. The minimum Gasteiger partial charge on any atom is -0.462 e. The summed E-state index contributed by atoms with van der Waals surface area (Å²) in [5.74, 6) is -1.64. The zero-order chi connectivity index (χ0) is 17.9. The molecule has 126 valence electrons. The van der Waals surface area contributed by atoms with E-state index < -0.39 is 11.9 Å². The van der Waals surface area contributed by atoms with E-state index in [1.165, 1.54) is 0 Å². The predicted molar refractivity (Wildman–Crippen MR) is 95.4 cm³/mol. The molecule has 2 aromatic rings. The molecule has 2 rings (SSSR count). The highest BCUT2D eigenvalue weighted by molar-refractivity contribution is 6.14. The molecule has 0 N–H and O–H groups in total. The van der Waals surface area contributed by atoms with Crippen molar-refractivity contribution in [2.75, 3.05) is 0 Å². The van der Waals surface area contributed by atoms with Crippen molar-refractivity contribution >= 4 is 11.8 Å². The van der Waals surface area contributed by atoms with E-state index in [4.69, 9.17) is 4.74 Å². The number of carbonyl (C=O) groups is 2. The molecule has 0 heterocycles. The second-order valence-corrected chi connectivity index (χ2v) is 6.47. The lowest BCUT2D eigenvalue weighted by molar-refractivity contribution is -0.147. The van der Waals surface area contributed by atoms with Gasteiger partial charge in [-0.15, -0.1) is 0 Å². The van der Waals surface area contributed by atoms with Crippen LogP contribution in [0.1, 0.15) is 52.4 Å². The van der Waals surface area contributed by atoms with Crippen molar-refractivity contribution < 1.29 is 14.3 Å². The molecule has 0 aliphatic rings. The number of rotatable bonds is 5. The first-order chi connectivity index (χ1) is 11.3. The van der Waals surface area contributed by atoms with Crippen molar-refractivity contribution in [1.29, 1.82) is 0 Å². The number of esters is 1. The number of ketones is 1. The summed E-state index contributed by atoms with van der Waals surface area (Å²) in [6, 6.07) is 13.0. The Hall–Kier alpha value is -2.42. The second kappa shape index (κ2) is 7.43. The Morgan fingerprint density at radius 1 is 0.917 bits per heavy atom. The lowest BCUT2D eigenvalue weighted by atomic mass is 9.86. The van der Waals surface area contributed by atoms with Gasteiger partial charge in [0.15, 0.2) is 5.78 Å². The molecule has 3 nitrogen and oxygen atoms in total. The molecular formula is C21H24O3. The first kappa shape index (κ1) is 17.9. The summed E-state index contributed by atoms with van der Waals surface area (Å²) in [5, 5.41) is 0. The maximum Gasteiger partial charge on any atom is 0.321 e. The average Bonchev–Trinajstić information content (AvgIpc) is 2.46. The topological polar surface area (TPSA) is 43.4 Å². The monoisotopic (exact) mass is 324 g/mol. The predicted octanol–water partition coefficient (Wildman–Crippen LogP) is 4.53. The Kier molecular flexibility index (Phi) is 5.55. The van der Waals surface area contributed by atoms with Gasteiger partial charge in [-0.3, -0.25) is 9.59 Å². The molecule has 1 atom stereocenters. The van der Waals surface area contributed by atoms with Crippen LogP contribution in [0.15, 0.2) is 42.5 Å². The molecule has 24 heavy (non-hydrogen) atoms. The fraction of sp³-hybridized carbons (Fsp3) is 0.333. The van der Waals surface area contributed by atoms with Gasteiger partial charge < -0.3 is 4.74 Å². The van der Waals surface area contributed by atoms with Crippen LogP contribution in [0.2, 0.25) is 0 Å². The maximum atomic E-state index is 13.2. The van der Waals surface area contributed by atoms with E-state index in [0.717, 1.165) is 16.7 Å². The number of hydrogen-bond acceptors (Lipinski definition) is 3. The maximum absolute atomic E-state index is 13.2. The molecule has 0 amide bonds. The van der Waals surface area contributed by atoms with Crippen molar-refractivity contribution in [3.63, 3.8) is 0 Å². The highest BCUT2D eigenvalue weighted by atomic mass is 16.5. The number of carbonyl (C=O) groups excluding carboxylic acids is 2. The highest BCUT2D eigenvalue weighted by Crippen LogP contribution is 2.27. The van der Waals surface area contributed by atoms with Gasteiger partial charge in [0.2, 0.25) is 0 Å². The molecular weight excluding hydrogens is 300 g/mol. The third-order valence-electron chi connectivity index (χ3n) is 3.91. The van der Waals surface area contributed by atoms with E-state index in [-0.39, 0.29) is 11.9 Å². The quantitative estimate of drug-likeness (QED) is 0.461. The standard InChI is InChI=1S/C21H24O3/c1-13(2)24-21(23)19(17-9-7-6-8-10-17)20(22)18-15(4)11-14(3)12-16(18)5/h6-13,19H,1-5H3. The molecule has 0 saturated carbocycles. The summed E-state index contributed by atoms with van der Waals surface area (Å²) in [6.07, 6.45) is -0.267. The molecule has 0 aromatic heterocycles. The van der Waals surface area contributed by atoms with Crippen LogP contribution in [-0.4, -0.2) is 17.9 Å². The van der Waals surface area contributed by atoms with Gasteiger partial charge in [-0.05, 0) is 51.3 Å². The van der Waals surface area contributed by atoms with Crippen molar-refractivity contribution in [3.05, 3.63) is 70.3 Å². The Balaban J connectivity index is 2.52. The minimum atomic E-state index is -0.936. The summed E-state index contributed by atoms with van der Waals surface area (Å²) in [4.78, 5) is 25.8. The van der Waals surface area contributed by atoms with Gasteiger partial charge >= 0.3 is 5.97 Å². The van der Waals surface area contributed by atoms with E-state index in [1.807, 2.05) is 51.1 Å². The average molecular weight is 324 g/mol. The molecule has 0 bridgehead atoms. The minimum absolute atomic E-state index is 0.207. The Morgan fingerprint density at radius 2 is 1.46 bits per heavy atom. The van der Waals surface area contributed by atoms with E-state index >= 15 is 0 Å². The van der Waals surface area contributed by atoms with Gasteiger partial charge in [0.1, 0.15) is 5.92 Å². The molecule has 0 aliphatic heterocycles. The largest absolute Gasteiger partial charge is 0.462 e. The van der Waals surface area contributed by atoms with E-state index in [9.17, 15) is 9.59 Å². The number of benzene rings is 2. The Bertz CT molecular complexity index is 722. The van der Waals surface area contributed by atoms with Crippen molar-refractivity contribution in [2.45, 2.75) is 46.6 Å². The summed E-state index contributed by atoms with van der Waals surface area (Å²) >= 11 is 0. The molecule has 0 radical (unpaired) electrons. The first-order valence-electron chi connectivity index (χ1n) is 8.18. The molecule has 0 spiro atoms. The lowest BCUT2D eigenvalue weighted by Crippen LogP contribution is -2.27. The van der Waals surface area contributed by atoms with Crippen LogP contribution in [0, 0.1) is 20.8 Å². The number of ether oxygens (including phenoxy) is 1. The molecule has 2 aromatic carbocycles. The summed E-state index contributed by atoms with van der Waals surface area (Å²) in [7, 11) is 0. The molecule has 0 fully saturated rings. The van der Waals surface area contributed by atoms with Crippen molar-refractivity contribution in [2.24, 2.45) is 0 Å². The number of Topliss-reactive ketones (excluding diaryl/α,β-unsaturated/α-hetero) is 1. The summed E-state index contributed by atoms with van der Waals surface area (Å²) < 4.78 is 5.35. The Labute approximate surface area is 143 Å². The van der Waals surface area contributed by atoms with Gasteiger partial charge in [-0.1, -0.05) is 48.0 Å². The Morgan fingerprint density at radius 3 is 1.96 bits per heavy atom. The number of hydrogen-bond donors (Lipinski definition) is 0. The van der Waals surface area contributed by atoms with E-state index in [0.29, 0.717) is 11.1 Å². The smallest absolute Gasteiger partial charge is 0.321 e. The van der Waals surface area contributed by atoms with Crippen LogP contribution in [0.25, 0.3) is 0 Å².